The summed E-state index contributed by atoms with van der Waals surface area (Å²) < 4.78 is 25.6. The third-order valence-electron chi connectivity index (χ3n) is 11.7. The number of aryl methyl sites for hydroxylation is 2. The highest BCUT2D eigenvalue weighted by Gasteiger charge is 2.40. The number of imidazole rings is 1. The fourth-order valence-electron chi connectivity index (χ4n) is 8.31. The van der Waals surface area contributed by atoms with Gasteiger partial charge in [0.2, 0.25) is 5.95 Å². The number of amides is 1. The highest BCUT2D eigenvalue weighted by atomic mass is 16.6. The topological polar surface area (TPSA) is 116 Å². The van der Waals surface area contributed by atoms with Crippen LogP contribution in [0.15, 0.2) is 42.7 Å². The van der Waals surface area contributed by atoms with E-state index in [1.54, 1.807) is 24.5 Å². The van der Waals surface area contributed by atoms with Crippen molar-refractivity contribution < 1.29 is 23.7 Å². The Morgan fingerprint density at radius 2 is 1.69 bits per heavy atom. The first-order valence-electron chi connectivity index (χ1n) is 18.7. The summed E-state index contributed by atoms with van der Waals surface area (Å²) in [5.41, 5.74) is 6.13. The van der Waals surface area contributed by atoms with Crippen molar-refractivity contribution >= 4 is 28.6 Å². The monoisotopic (exact) mass is 693 g/mol. The molecular formula is C39H47N7O5. The number of aromatic nitrogens is 4. The standard InChI is InChI=1S/C39H47N7O5/c1-26-17-27-18-33(41-26)31-20-40-21-35(51-30-24-49-25-30)36(31)50-16-4-2-3-11-46-34-19-28(5-6-32(34)42-38(46)43-37(27)47)44-12-7-39(8-13-44)9-14-45(15-10-39)29-22-48-23-29/h5-6,17-21,29-30H,2-4,7-16,22-25H2,1H3,(H,42,43,47). The van der Waals surface area contributed by atoms with Crippen LogP contribution in [0.1, 0.15) is 61.0 Å². The molecule has 2 bridgehead atoms. The van der Waals surface area contributed by atoms with Gasteiger partial charge in [-0.15, -0.1) is 0 Å². The SMILES string of the molecule is Cc1cc2cc(n1)-c1cncc(OC3COC3)c1OCCCCCn1c(nc3ccc(N4CCC5(CC4)CCN(C4COC4)CC5)cc31)NC2=O. The zero-order chi connectivity index (χ0) is 34.4. The van der Waals surface area contributed by atoms with Gasteiger partial charge in [0.1, 0.15) is 6.10 Å². The fraction of sp³-hybridized carbons (Fsp3) is 0.538. The Kier molecular flexibility index (Phi) is 8.77. The zero-order valence-corrected chi connectivity index (χ0v) is 29.4. The molecule has 1 aromatic carbocycles. The minimum absolute atomic E-state index is 0.0367. The van der Waals surface area contributed by atoms with Crippen LogP contribution in [0, 0.1) is 12.3 Å². The van der Waals surface area contributed by atoms with Gasteiger partial charge in [0.25, 0.3) is 5.91 Å². The predicted molar refractivity (Wildman–Crippen MR) is 194 cm³/mol. The Morgan fingerprint density at radius 1 is 0.882 bits per heavy atom. The summed E-state index contributed by atoms with van der Waals surface area (Å²) >= 11 is 0. The van der Waals surface area contributed by atoms with Crippen LogP contribution in [0.3, 0.4) is 0 Å². The van der Waals surface area contributed by atoms with Crippen molar-refractivity contribution in [1.82, 2.24) is 24.4 Å². The minimum Gasteiger partial charge on any atom is -0.489 e. The molecule has 12 heteroatoms. The van der Waals surface area contributed by atoms with Gasteiger partial charge in [0.05, 0.1) is 67.6 Å². The molecule has 5 aliphatic rings. The number of nitrogens with one attached hydrogen (secondary N) is 1. The largest absolute Gasteiger partial charge is 0.489 e. The number of ether oxygens (including phenoxy) is 4. The van der Waals surface area contributed by atoms with Crippen molar-refractivity contribution in [2.75, 3.05) is 69.4 Å². The quantitative estimate of drug-likeness (QED) is 0.295. The second-order valence-corrected chi connectivity index (χ2v) is 15.0. The van der Waals surface area contributed by atoms with Crippen LogP contribution in [0.5, 0.6) is 11.5 Å². The lowest BCUT2D eigenvalue weighted by Gasteiger charge is -2.50. The number of hydrogen-bond acceptors (Lipinski definition) is 10. The van der Waals surface area contributed by atoms with E-state index in [-0.39, 0.29) is 12.0 Å². The first-order valence-corrected chi connectivity index (χ1v) is 18.7. The molecule has 9 rings (SSSR count). The van der Waals surface area contributed by atoms with E-state index in [1.807, 2.05) is 6.92 Å². The van der Waals surface area contributed by atoms with E-state index in [0.29, 0.717) is 71.2 Å². The maximum Gasteiger partial charge on any atom is 0.258 e. The molecular weight excluding hydrogens is 646 g/mol. The number of benzene rings is 1. The zero-order valence-electron chi connectivity index (χ0n) is 29.4. The van der Waals surface area contributed by atoms with Crippen LogP contribution < -0.4 is 19.7 Å². The summed E-state index contributed by atoms with van der Waals surface area (Å²) in [6.07, 6.45) is 11.2. The second-order valence-electron chi connectivity index (χ2n) is 15.0. The summed E-state index contributed by atoms with van der Waals surface area (Å²) in [7, 11) is 0. The van der Waals surface area contributed by atoms with Gasteiger partial charge in [0.15, 0.2) is 11.5 Å². The lowest BCUT2D eigenvalue weighted by Crippen LogP contribution is -2.54. The van der Waals surface area contributed by atoms with E-state index >= 15 is 0 Å². The highest BCUT2D eigenvalue weighted by molar-refractivity contribution is 6.05. The van der Waals surface area contributed by atoms with Gasteiger partial charge in [-0.3, -0.25) is 25.0 Å². The number of likely N-dealkylation sites (tertiary alicyclic amines) is 1. The van der Waals surface area contributed by atoms with Crippen LogP contribution in [0.2, 0.25) is 0 Å². The molecule has 5 aliphatic heterocycles. The van der Waals surface area contributed by atoms with Crippen molar-refractivity contribution in [3.8, 4) is 22.8 Å². The number of rotatable bonds is 4. The molecule has 0 aliphatic carbocycles. The molecule has 51 heavy (non-hydrogen) atoms. The number of carbonyl (C=O) groups is 1. The number of pyridine rings is 2. The smallest absolute Gasteiger partial charge is 0.258 e. The van der Waals surface area contributed by atoms with Crippen LogP contribution in [-0.4, -0.2) is 102 Å². The molecule has 1 spiro atoms. The van der Waals surface area contributed by atoms with Gasteiger partial charge in [-0.25, -0.2) is 4.98 Å². The van der Waals surface area contributed by atoms with Gasteiger partial charge in [0, 0.05) is 42.8 Å². The van der Waals surface area contributed by atoms with E-state index in [9.17, 15) is 4.79 Å². The van der Waals surface area contributed by atoms with Gasteiger partial charge in [-0.05, 0) is 101 Å². The molecule has 4 saturated heterocycles. The Labute approximate surface area is 298 Å². The van der Waals surface area contributed by atoms with Gasteiger partial charge in [-0.1, -0.05) is 0 Å². The average Bonchev–Trinajstić information content (AvgIpc) is 3.43. The van der Waals surface area contributed by atoms with E-state index in [0.717, 1.165) is 63.1 Å². The summed E-state index contributed by atoms with van der Waals surface area (Å²) in [5.74, 6) is 1.49. The van der Waals surface area contributed by atoms with Gasteiger partial charge >= 0.3 is 0 Å². The highest BCUT2D eigenvalue weighted by Crippen LogP contribution is 2.43. The molecule has 1 amide bonds. The summed E-state index contributed by atoms with van der Waals surface area (Å²) in [6.45, 7) is 10.6. The molecule has 0 saturated carbocycles. The number of anilines is 2. The molecule has 268 valence electrons. The first-order chi connectivity index (χ1) is 25.0. The van der Waals surface area contributed by atoms with Crippen LogP contribution in [-0.2, 0) is 16.0 Å². The van der Waals surface area contributed by atoms with Crippen LogP contribution in [0.25, 0.3) is 22.3 Å². The molecule has 3 aromatic heterocycles. The van der Waals surface area contributed by atoms with Crippen LogP contribution in [0.4, 0.5) is 11.6 Å². The third-order valence-corrected chi connectivity index (χ3v) is 11.7. The molecule has 8 heterocycles. The lowest BCUT2D eigenvalue weighted by atomic mass is 9.71. The van der Waals surface area contributed by atoms with Crippen molar-refractivity contribution in [1.29, 1.82) is 0 Å². The first kappa shape index (κ1) is 32.6. The van der Waals surface area contributed by atoms with Crippen molar-refractivity contribution in [3.05, 3.63) is 54.0 Å². The predicted octanol–water partition coefficient (Wildman–Crippen LogP) is 5.48. The van der Waals surface area contributed by atoms with Crippen molar-refractivity contribution in [2.45, 2.75) is 70.6 Å². The van der Waals surface area contributed by atoms with E-state index in [1.165, 1.54) is 44.5 Å². The van der Waals surface area contributed by atoms with Crippen LogP contribution >= 0.6 is 0 Å². The van der Waals surface area contributed by atoms with E-state index < -0.39 is 0 Å². The Hall–Kier alpha value is -4.26. The number of fused-ring (bicyclic) bond motifs is 7. The Morgan fingerprint density at radius 3 is 2.45 bits per heavy atom. The number of nitrogens with zero attached hydrogens (tertiary/aromatic N) is 6. The second kappa shape index (κ2) is 13.7. The molecule has 0 atom stereocenters. The maximum atomic E-state index is 13.9. The molecule has 4 fully saturated rings. The maximum absolute atomic E-state index is 13.9. The van der Waals surface area contributed by atoms with E-state index in [2.05, 4.69) is 42.9 Å². The summed E-state index contributed by atoms with van der Waals surface area (Å²) in [5, 5.41) is 3.16. The minimum atomic E-state index is -0.236. The average molecular weight is 694 g/mol. The summed E-state index contributed by atoms with van der Waals surface area (Å²) in [4.78, 5) is 33.3. The fourth-order valence-corrected chi connectivity index (χ4v) is 8.31. The molecule has 1 N–H and O–H groups in total. The lowest BCUT2D eigenvalue weighted by molar-refractivity contribution is -0.0834. The summed E-state index contributed by atoms with van der Waals surface area (Å²) in [6, 6.07) is 10.8. The Balaban J connectivity index is 0.966. The number of carbonyl (C=O) groups excluding carboxylic acids is 1. The Bertz CT molecular complexity index is 1900. The third kappa shape index (κ3) is 6.53. The normalized spacial score (nSPS) is 21.7. The molecule has 0 unspecified atom stereocenters. The molecule has 12 nitrogen and oxygen atoms in total. The van der Waals surface area contributed by atoms with E-state index in [4.69, 9.17) is 28.9 Å². The number of hydrogen-bond donors (Lipinski definition) is 1. The van der Waals surface area contributed by atoms with Gasteiger partial charge in [-0.2, -0.15) is 0 Å². The van der Waals surface area contributed by atoms with Crippen molar-refractivity contribution in [2.24, 2.45) is 5.41 Å². The molecule has 0 radical (unpaired) electrons. The van der Waals surface area contributed by atoms with Gasteiger partial charge < -0.3 is 28.4 Å². The number of piperidine rings is 2. The molecule has 4 aromatic rings. The van der Waals surface area contributed by atoms with Crippen molar-refractivity contribution in [3.63, 3.8) is 0 Å².